The Morgan fingerprint density at radius 2 is 0.871 bits per heavy atom. The standard InChI is InChI=1S/C58H62N2O2/c1-55(2,3)37-17-25-41(26-18-37)59(42-27-19-38(20-28-42)56(4,5)6)45-33-34-47-50(35-45)61-51-36-48(54-53(52(47)51)46-15-13-14-16-49(46)62-54)60(43-29-21-39(22-30-43)57(7,8)9)44-31-23-40(24-32-44)58(10,11)12/h13-36,48,54H,1-12H3. The molecule has 62 heavy (non-hydrogen) atoms. The van der Waals surface area contributed by atoms with Crippen LogP contribution in [0.2, 0.25) is 0 Å². The van der Waals surface area contributed by atoms with E-state index in [0.29, 0.717) is 0 Å². The smallest absolute Gasteiger partial charge is 0.150 e. The van der Waals surface area contributed by atoms with Gasteiger partial charge in [-0.3, -0.25) is 0 Å². The summed E-state index contributed by atoms with van der Waals surface area (Å²) in [7, 11) is 0. The second-order valence-electron chi connectivity index (χ2n) is 21.5. The van der Waals surface area contributed by atoms with E-state index in [9.17, 15) is 0 Å². The number of benzene rings is 6. The number of fused-ring (bicyclic) bond motifs is 6. The van der Waals surface area contributed by atoms with Gasteiger partial charge in [0.1, 0.15) is 22.9 Å². The van der Waals surface area contributed by atoms with Crippen LogP contribution in [0.3, 0.4) is 0 Å². The van der Waals surface area contributed by atoms with Crippen LogP contribution in [0.4, 0.5) is 28.4 Å². The number of rotatable bonds is 6. The van der Waals surface area contributed by atoms with Gasteiger partial charge in [-0.2, -0.15) is 0 Å². The van der Waals surface area contributed by atoms with Crippen LogP contribution < -0.4 is 25.2 Å². The molecule has 0 spiro atoms. The Hall–Kier alpha value is -6.00. The van der Waals surface area contributed by atoms with Crippen molar-refractivity contribution in [2.75, 3.05) is 9.80 Å². The van der Waals surface area contributed by atoms with Crippen molar-refractivity contribution in [3.8, 4) is 5.75 Å². The molecule has 2 aliphatic rings. The molecule has 7 aromatic rings. The first-order valence-corrected chi connectivity index (χ1v) is 22.3. The lowest BCUT2D eigenvalue weighted by molar-refractivity contribution is 0.262. The van der Waals surface area contributed by atoms with Crippen LogP contribution in [0.1, 0.15) is 111 Å². The highest BCUT2D eigenvalue weighted by molar-refractivity contribution is 5.93. The van der Waals surface area contributed by atoms with Crippen molar-refractivity contribution in [3.05, 3.63) is 178 Å². The third-order valence-corrected chi connectivity index (χ3v) is 12.9. The lowest BCUT2D eigenvalue weighted by atomic mass is 9.86. The summed E-state index contributed by atoms with van der Waals surface area (Å²) in [6, 6.07) is 51.2. The average Bonchev–Trinajstić information content (AvgIpc) is 3.79. The highest BCUT2D eigenvalue weighted by Gasteiger charge is 2.42. The largest absolute Gasteiger partial charge is 0.483 e. The predicted molar refractivity (Wildman–Crippen MR) is 262 cm³/mol. The van der Waals surface area contributed by atoms with Crippen LogP contribution in [0.15, 0.2) is 144 Å². The van der Waals surface area contributed by atoms with E-state index < -0.39 is 0 Å². The molecule has 4 heteroatoms. The van der Waals surface area contributed by atoms with Gasteiger partial charge in [0, 0.05) is 56.2 Å². The Balaban J connectivity index is 1.24. The summed E-state index contributed by atoms with van der Waals surface area (Å²) in [4.78, 5) is 4.79. The Labute approximate surface area is 369 Å². The zero-order chi connectivity index (χ0) is 43.9. The van der Waals surface area contributed by atoms with Crippen LogP contribution in [-0.2, 0) is 21.7 Å². The third kappa shape index (κ3) is 7.52. The van der Waals surface area contributed by atoms with E-state index in [4.69, 9.17) is 9.15 Å². The summed E-state index contributed by atoms with van der Waals surface area (Å²) in [6.07, 6.45) is 2.03. The summed E-state index contributed by atoms with van der Waals surface area (Å²) in [6.45, 7) is 27.2. The molecule has 0 radical (unpaired) electrons. The molecule has 316 valence electrons. The first-order valence-electron chi connectivity index (χ1n) is 22.3. The van der Waals surface area contributed by atoms with Crippen LogP contribution >= 0.6 is 0 Å². The number of furan rings is 1. The fourth-order valence-electron chi connectivity index (χ4n) is 9.15. The van der Waals surface area contributed by atoms with Crippen molar-refractivity contribution in [2.45, 2.75) is 117 Å². The summed E-state index contributed by atoms with van der Waals surface area (Å²) in [5.74, 6) is 0.902. The van der Waals surface area contributed by atoms with E-state index in [1.54, 1.807) is 0 Å². The van der Waals surface area contributed by atoms with E-state index >= 15 is 0 Å². The van der Waals surface area contributed by atoms with Crippen molar-refractivity contribution in [1.29, 1.82) is 0 Å². The normalized spacial score (nSPS) is 16.3. The molecule has 2 unspecified atom stereocenters. The summed E-state index contributed by atoms with van der Waals surface area (Å²) in [5, 5.41) is 2.19. The molecule has 0 amide bonds. The van der Waals surface area contributed by atoms with Crippen LogP contribution in [-0.4, -0.2) is 12.1 Å². The van der Waals surface area contributed by atoms with Gasteiger partial charge >= 0.3 is 0 Å². The minimum absolute atomic E-state index is 0.0369. The second kappa shape index (κ2) is 14.8. The van der Waals surface area contributed by atoms with E-state index in [1.165, 1.54) is 27.8 Å². The number of hydrogen-bond acceptors (Lipinski definition) is 4. The second-order valence-corrected chi connectivity index (χ2v) is 21.5. The molecule has 0 bridgehead atoms. The maximum atomic E-state index is 7.10. The van der Waals surface area contributed by atoms with Gasteiger partial charge < -0.3 is 19.0 Å². The lowest BCUT2D eigenvalue weighted by Crippen LogP contribution is -2.48. The molecule has 0 saturated carbocycles. The van der Waals surface area contributed by atoms with E-state index in [-0.39, 0.29) is 33.8 Å². The van der Waals surface area contributed by atoms with Crippen LogP contribution in [0.25, 0.3) is 22.6 Å². The molecule has 2 heterocycles. The van der Waals surface area contributed by atoms with Gasteiger partial charge in [0.15, 0.2) is 0 Å². The minimum atomic E-state index is -0.274. The Morgan fingerprint density at radius 3 is 1.32 bits per heavy atom. The zero-order valence-corrected chi connectivity index (χ0v) is 38.7. The lowest BCUT2D eigenvalue weighted by Gasteiger charge is -2.37. The molecular formula is C58H62N2O2. The molecule has 9 rings (SSSR count). The van der Waals surface area contributed by atoms with E-state index in [2.05, 4.69) is 238 Å². The van der Waals surface area contributed by atoms with Crippen LogP contribution in [0.5, 0.6) is 5.75 Å². The highest BCUT2D eigenvalue weighted by Crippen LogP contribution is 2.44. The summed E-state index contributed by atoms with van der Waals surface area (Å²) >= 11 is 0. The Morgan fingerprint density at radius 1 is 0.452 bits per heavy atom. The number of anilines is 5. The van der Waals surface area contributed by atoms with Gasteiger partial charge in [-0.05, 0) is 117 Å². The molecule has 0 fully saturated rings. The molecule has 1 aromatic heterocycles. The van der Waals surface area contributed by atoms with Crippen LogP contribution in [0, 0.1) is 0 Å². The monoisotopic (exact) mass is 818 g/mol. The Kier molecular flexibility index (Phi) is 9.89. The number of hydrogen-bond donors (Lipinski definition) is 0. The maximum absolute atomic E-state index is 7.10. The topological polar surface area (TPSA) is 28.9 Å². The number of para-hydroxylation sites is 1. The van der Waals surface area contributed by atoms with Crippen molar-refractivity contribution >= 4 is 51.1 Å². The fourth-order valence-corrected chi connectivity index (χ4v) is 9.15. The van der Waals surface area contributed by atoms with E-state index in [0.717, 1.165) is 61.4 Å². The molecule has 2 atom stereocenters. The molecule has 0 N–H and O–H groups in total. The maximum Gasteiger partial charge on any atom is 0.150 e. The van der Waals surface area contributed by atoms with Gasteiger partial charge in [-0.15, -0.1) is 0 Å². The summed E-state index contributed by atoms with van der Waals surface area (Å²) in [5.41, 5.74) is 14.8. The van der Waals surface area contributed by atoms with Crippen molar-refractivity contribution in [2.24, 2.45) is 0 Å². The third-order valence-electron chi connectivity index (χ3n) is 12.9. The molecule has 0 saturated heterocycles. The van der Waals surface area contributed by atoms with Gasteiger partial charge in [0.25, 0.3) is 0 Å². The van der Waals surface area contributed by atoms with Gasteiger partial charge in [-0.25, -0.2) is 0 Å². The zero-order valence-electron chi connectivity index (χ0n) is 38.7. The molecular weight excluding hydrogens is 757 g/mol. The van der Waals surface area contributed by atoms with Crippen molar-refractivity contribution < 1.29 is 9.15 Å². The number of nitrogens with zero attached hydrogens (tertiary/aromatic N) is 2. The fraction of sp³-hybridized carbons (Fsp3) is 0.310. The molecule has 1 aliphatic carbocycles. The first kappa shape index (κ1) is 41.4. The van der Waals surface area contributed by atoms with Gasteiger partial charge in [0.05, 0.1) is 6.04 Å². The molecule has 1 aliphatic heterocycles. The summed E-state index contributed by atoms with van der Waals surface area (Å²) < 4.78 is 14.2. The molecule has 6 aromatic carbocycles. The average molecular weight is 819 g/mol. The molecule has 4 nitrogen and oxygen atoms in total. The van der Waals surface area contributed by atoms with Crippen molar-refractivity contribution in [3.63, 3.8) is 0 Å². The minimum Gasteiger partial charge on any atom is -0.483 e. The first-order chi connectivity index (χ1) is 29.3. The van der Waals surface area contributed by atoms with E-state index in [1.807, 2.05) is 0 Å². The highest BCUT2D eigenvalue weighted by atomic mass is 16.5. The van der Waals surface area contributed by atoms with Gasteiger partial charge in [-0.1, -0.05) is 150 Å². The van der Waals surface area contributed by atoms with Gasteiger partial charge in [0.2, 0.25) is 0 Å². The Bertz CT molecular complexity index is 2770. The quantitative estimate of drug-likeness (QED) is 0.167. The SMILES string of the molecule is CC(C)(C)c1ccc(N(c2ccc(C(C)(C)C)cc2)c2ccc3c4c(oc3c2)=CC(N(c2ccc(C(C)(C)C)cc2)c2ccc(C(C)(C)C)cc2)C2Oc3ccccc3C=42)cc1. The number of ether oxygens (including phenoxy) is 1. The van der Waals surface area contributed by atoms with Crippen molar-refractivity contribution in [1.82, 2.24) is 0 Å². The predicted octanol–water partition coefficient (Wildman–Crippen LogP) is 14.1.